The number of hydrogen-bond donors (Lipinski definition) is 1. The van der Waals surface area contributed by atoms with Crippen LogP contribution in [-0.2, 0) is 0 Å². The summed E-state index contributed by atoms with van der Waals surface area (Å²) in [5.74, 6) is 0.898. The SMILES string of the molecule is CN1CCCC(CCCCO)C1. The number of unbranched alkanes of at least 4 members (excludes halogenated alkanes) is 1. The maximum atomic E-state index is 8.64. The molecule has 0 aromatic rings. The van der Waals surface area contributed by atoms with Crippen LogP contribution in [0.15, 0.2) is 0 Å². The maximum Gasteiger partial charge on any atom is 0.0431 e. The van der Waals surface area contributed by atoms with Crippen LogP contribution in [0, 0.1) is 5.92 Å². The molecule has 0 aromatic heterocycles. The van der Waals surface area contributed by atoms with Gasteiger partial charge in [0.05, 0.1) is 0 Å². The highest BCUT2D eigenvalue weighted by atomic mass is 16.2. The van der Waals surface area contributed by atoms with Gasteiger partial charge in [-0.3, -0.25) is 0 Å². The van der Waals surface area contributed by atoms with E-state index in [0.29, 0.717) is 6.61 Å². The molecule has 12 heavy (non-hydrogen) atoms. The van der Waals surface area contributed by atoms with Crippen LogP contribution in [-0.4, -0.2) is 36.8 Å². The van der Waals surface area contributed by atoms with Gasteiger partial charge in [0.25, 0.3) is 0 Å². The molecule has 1 aliphatic rings. The molecule has 2 heteroatoms. The first-order valence-corrected chi connectivity index (χ1v) is 5.12. The summed E-state index contributed by atoms with van der Waals surface area (Å²) in [5.41, 5.74) is 0. The monoisotopic (exact) mass is 171 g/mol. The van der Waals surface area contributed by atoms with Gasteiger partial charge in [-0.05, 0) is 45.2 Å². The van der Waals surface area contributed by atoms with E-state index in [1.165, 1.54) is 38.8 Å². The summed E-state index contributed by atoms with van der Waals surface area (Å²) in [6, 6.07) is 0. The van der Waals surface area contributed by atoms with Gasteiger partial charge in [-0.2, -0.15) is 0 Å². The van der Waals surface area contributed by atoms with Crippen molar-refractivity contribution in [3.63, 3.8) is 0 Å². The Labute approximate surface area is 75.6 Å². The van der Waals surface area contributed by atoms with Gasteiger partial charge in [0.2, 0.25) is 0 Å². The summed E-state index contributed by atoms with van der Waals surface area (Å²) in [7, 11) is 2.21. The highest BCUT2D eigenvalue weighted by Crippen LogP contribution is 2.20. The number of aliphatic hydroxyl groups excluding tert-OH is 1. The van der Waals surface area contributed by atoms with Crippen molar-refractivity contribution in [1.29, 1.82) is 0 Å². The van der Waals surface area contributed by atoms with E-state index in [-0.39, 0.29) is 0 Å². The lowest BCUT2D eigenvalue weighted by atomic mass is 9.93. The molecule has 1 saturated heterocycles. The fourth-order valence-electron chi connectivity index (χ4n) is 2.05. The summed E-state index contributed by atoms with van der Waals surface area (Å²) in [6.07, 6.45) is 6.26. The Morgan fingerprint density at radius 2 is 2.25 bits per heavy atom. The Morgan fingerprint density at radius 3 is 2.92 bits per heavy atom. The molecule has 0 aromatic carbocycles. The van der Waals surface area contributed by atoms with Gasteiger partial charge in [-0.15, -0.1) is 0 Å². The zero-order valence-corrected chi connectivity index (χ0v) is 8.13. The molecule has 0 bridgehead atoms. The summed E-state index contributed by atoms with van der Waals surface area (Å²) >= 11 is 0. The van der Waals surface area contributed by atoms with Crippen molar-refractivity contribution in [2.24, 2.45) is 5.92 Å². The van der Waals surface area contributed by atoms with Crippen LogP contribution in [0.4, 0.5) is 0 Å². The third-order valence-electron chi connectivity index (χ3n) is 2.74. The number of nitrogens with zero attached hydrogens (tertiary/aromatic N) is 1. The number of aliphatic hydroxyl groups is 1. The zero-order chi connectivity index (χ0) is 8.81. The minimum absolute atomic E-state index is 0.364. The molecule has 0 radical (unpaired) electrons. The molecule has 1 unspecified atom stereocenters. The summed E-state index contributed by atoms with van der Waals surface area (Å²) < 4.78 is 0. The Morgan fingerprint density at radius 1 is 1.42 bits per heavy atom. The summed E-state index contributed by atoms with van der Waals surface area (Å²) in [6.45, 7) is 2.91. The third kappa shape index (κ3) is 3.55. The van der Waals surface area contributed by atoms with E-state index in [9.17, 15) is 0 Å². The molecule has 1 N–H and O–H groups in total. The van der Waals surface area contributed by atoms with Gasteiger partial charge in [-0.25, -0.2) is 0 Å². The fourth-order valence-corrected chi connectivity index (χ4v) is 2.05. The molecule has 0 spiro atoms. The van der Waals surface area contributed by atoms with E-state index < -0.39 is 0 Å². The Hall–Kier alpha value is -0.0800. The highest BCUT2D eigenvalue weighted by Gasteiger charge is 2.15. The van der Waals surface area contributed by atoms with Crippen molar-refractivity contribution in [2.45, 2.75) is 32.1 Å². The molecule has 1 atom stereocenters. The number of hydrogen-bond acceptors (Lipinski definition) is 2. The van der Waals surface area contributed by atoms with Crippen LogP contribution in [0.5, 0.6) is 0 Å². The fraction of sp³-hybridized carbons (Fsp3) is 1.00. The molecule has 72 valence electrons. The van der Waals surface area contributed by atoms with Gasteiger partial charge in [-0.1, -0.05) is 6.42 Å². The normalized spacial score (nSPS) is 26.0. The van der Waals surface area contributed by atoms with Gasteiger partial charge < -0.3 is 10.0 Å². The van der Waals surface area contributed by atoms with E-state index in [1.807, 2.05) is 0 Å². The second-order valence-electron chi connectivity index (χ2n) is 3.99. The maximum absolute atomic E-state index is 8.64. The standard InChI is InChI=1S/C10H21NO/c1-11-7-4-6-10(9-11)5-2-3-8-12/h10,12H,2-9H2,1H3. The van der Waals surface area contributed by atoms with Crippen LogP contribution in [0.3, 0.4) is 0 Å². The smallest absolute Gasteiger partial charge is 0.0431 e. The lowest BCUT2D eigenvalue weighted by Gasteiger charge is -2.29. The molecule has 1 aliphatic heterocycles. The number of rotatable bonds is 4. The Kier molecular flexibility index (Phi) is 4.62. The average molecular weight is 171 g/mol. The number of piperidine rings is 1. The topological polar surface area (TPSA) is 23.5 Å². The Bertz CT molecular complexity index is 116. The lowest BCUT2D eigenvalue weighted by Crippen LogP contribution is -2.31. The first kappa shape index (κ1) is 10.0. The van der Waals surface area contributed by atoms with Crippen LogP contribution < -0.4 is 0 Å². The largest absolute Gasteiger partial charge is 0.396 e. The zero-order valence-electron chi connectivity index (χ0n) is 8.13. The molecule has 1 rings (SSSR count). The second-order valence-corrected chi connectivity index (χ2v) is 3.99. The van der Waals surface area contributed by atoms with E-state index in [1.54, 1.807) is 0 Å². The van der Waals surface area contributed by atoms with Crippen molar-refractivity contribution in [2.75, 3.05) is 26.7 Å². The number of likely N-dealkylation sites (tertiary alicyclic amines) is 1. The summed E-state index contributed by atoms with van der Waals surface area (Å²) in [5, 5.41) is 8.64. The minimum Gasteiger partial charge on any atom is -0.396 e. The molecule has 1 heterocycles. The van der Waals surface area contributed by atoms with Gasteiger partial charge in [0, 0.05) is 13.2 Å². The van der Waals surface area contributed by atoms with Crippen LogP contribution in [0.2, 0.25) is 0 Å². The summed E-state index contributed by atoms with van der Waals surface area (Å²) in [4.78, 5) is 2.42. The molecule has 0 aliphatic carbocycles. The van der Waals surface area contributed by atoms with Crippen molar-refractivity contribution in [3.05, 3.63) is 0 Å². The van der Waals surface area contributed by atoms with E-state index in [0.717, 1.165) is 12.3 Å². The van der Waals surface area contributed by atoms with Gasteiger partial charge in [0.15, 0.2) is 0 Å². The minimum atomic E-state index is 0.364. The van der Waals surface area contributed by atoms with Crippen LogP contribution >= 0.6 is 0 Å². The molecule has 2 nitrogen and oxygen atoms in total. The van der Waals surface area contributed by atoms with Crippen LogP contribution in [0.1, 0.15) is 32.1 Å². The van der Waals surface area contributed by atoms with Gasteiger partial charge >= 0.3 is 0 Å². The quantitative estimate of drug-likeness (QED) is 0.648. The molecular formula is C10H21NO. The predicted molar refractivity (Wildman–Crippen MR) is 51.2 cm³/mol. The highest BCUT2D eigenvalue weighted by molar-refractivity contribution is 4.70. The van der Waals surface area contributed by atoms with Crippen molar-refractivity contribution in [1.82, 2.24) is 4.90 Å². The predicted octanol–water partition coefficient (Wildman–Crippen LogP) is 1.49. The van der Waals surface area contributed by atoms with Gasteiger partial charge in [0.1, 0.15) is 0 Å². The van der Waals surface area contributed by atoms with E-state index in [2.05, 4.69) is 11.9 Å². The molecule has 0 saturated carbocycles. The second kappa shape index (κ2) is 5.55. The van der Waals surface area contributed by atoms with Crippen molar-refractivity contribution in [3.8, 4) is 0 Å². The van der Waals surface area contributed by atoms with E-state index in [4.69, 9.17) is 5.11 Å². The third-order valence-corrected chi connectivity index (χ3v) is 2.74. The van der Waals surface area contributed by atoms with E-state index >= 15 is 0 Å². The van der Waals surface area contributed by atoms with Crippen molar-refractivity contribution < 1.29 is 5.11 Å². The first-order valence-electron chi connectivity index (χ1n) is 5.12. The molecule has 1 fully saturated rings. The average Bonchev–Trinajstić information content (AvgIpc) is 2.05. The first-order chi connectivity index (χ1) is 5.83. The molecular weight excluding hydrogens is 150 g/mol. The lowest BCUT2D eigenvalue weighted by molar-refractivity contribution is 0.194. The Balaban J connectivity index is 2.06. The van der Waals surface area contributed by atoms with Crippen molar-refractivity contribution >= 4 is 0 Å². The van der Waals surface area contributed by atoms with Crippen LogP contribution in [0.25, 0.3) is 0 Å². The molecule has 0 amide bonds.